The van der Waals surface area contributed by atoms with Gasteiger partial charge in [-0.15, -0.1) is 0 Å². The van der Waals surface area contributed by atoms with Gasteiger partial charge in [0.2, 0.25) is 0 Å². The minimum Gasteiger partial charge on any atom is -0.352 e. The first-order valence-corrected chi connectivity index (χ1v) is 11.1. The first kappa shape index (κ1) is 20.1. The molecule has 0 heterocycles. The third kappa shape index (κ3) is 5.45. The number of hydrogen-bond donors (Lipinski definition) is 2. The monoisotopic (exact) mass is 398 g/mol. The van der Waals surface area contributed by atoms with E-state index in [1.165, 1.54) is 30.5 Å². The number of benzene rings is 2. The number of anilines is 1. The first-order chi connectivity index (χ1) is 13.4. The lowest BCUT2D eigenvalue weighted by Gasteiger charge is -2.13. The first-order valence-electron chi connectivity index (χ1n) is 9.60. The van der Waals surface area contributed by atoms with Gasteiger partial charge < -0.3 is 5.32 Å². The Morgan fingerprint density at radius 2 is 1.86 bits per heavy atom. The Morgan fingerprint density at radius 3 is 2.57 bits per heavy atom. The molecule has 1 aliphatic rings. The second kappa shape index (κ2) is 9.06. The quantitative estimate of drug-likeness (QED) is 0.678. The van der Waals surface area contributed by atoms with Crippen molar-refractivity contribution in [3.63, 3.8) is 0 Å². The van der Waals surface area contributed by atoms with Gasteiger partial charge in [-0.1, -0.05) is 35.4 Å². The number of carbonyl (C=O) groups is 1. The highest BCUT2D eigenvalue weighted by Gasteiger charge is 2.16. The van der Waals surface area contributed by atoms with Crippen molar-refractivity contribution in [2.75, 3.05) is 11.3 Å². The second-order valence-electron chi connectivity index (χ2n) is 7.11. The summed E-state index contributed by atoms with van der Waals surface area (Å²) in [7, 11) is -3.76. The SMILES string of the molecule is Cc1ccc(NS(=O)(=O)c2cccc(C(=O)NCCC3=CCCCC3)c2)cc1. The Morgan fingerprint density at radius 1 is 1.07 bits per heavy atom. The highest BCUT2D eigenvalue weighted by molar-refractivity contribution is 7.92. The van der Waals surface area contributed by atoms with Crippen molar-refractivity contribution in [3.05, 3.63) is 71.3 Å². The minimum absolute atomic E-state index is 0.0655. The van der Waals surface area contributed by atoms with E-state index in [4.69, 9.17) is 0 Å². The molecule has 0 aliphatic heterocycles. The van der Waals surface area contributed by atoms with Crippen LogP contribution in [-0.4, -0.2) is 20.9 Å². The molecular formula is C22H26N2O3S. The van der Waals surface area contributed by atoms with Gasteiger partial charge in [0.05, 0.1) is 4.90 Å². The zero-order valence-electron chi connectivity index (χ0n) is 16.1. The van der Waals surface area contributed by atoms with Crippen LogP contribution in [0.5, 0.6) is 0 Å². The molecule has 2 aromatic carbocycles. The summed E-state index contributed by atoms with van der Waals surface area (Å²) >= 11 is 0. The smallest absolute Gasteiger partial charge is 0.261 e. The van der Waals surface area contributed by atoms with Crippen molar-refractivity contribution in [2.45, 2.75) is 43.9 Å². The second-order valence-corrected chi connectivity index (χ2v) is 8.80. The molecule has 148 valence electrons. The summed E-state index contributed by atoms with van der Waals surface area (Å²) in [6.07, 6.45) is 7.80. The summed E-state index contributed by atoms with van der Waals surface area (Å²) in [6.45, 7) is 2.49. The lowest BCUT2D eigenvalue weighted by molar-refractivity contribution is 0.0954. The van der Waals surface area contributed by atoms with Gasteiger partial charge in [-0.3, -0.25) is 9.52 Å². The molecule has 0 aromatic heterocycles. The predicted molar refractivity (Wildman–Crippen MR) is 112 cm³/mol. The molecule has 0 spiro atoms. The molecule has 0 saturated carbocycles. The van der Waals surface area contributed by atoms with E-state index in [1.807, 2.05) is 19.1 Å². The lowest BCUT2D eigenvalue weighted by atomic mass is 9.97. The Hall–Kier alpha value is -2.60. The predicted octanol–water partition coefficient (Wildman–Crippen LogP) is 4.42. The van der Waals surface area contributed by atoms with E-state index in [1.54, 1.807) is 24.3 Å². The molecule has 28 heavy (non-hydrogen) atoms. The van der Waals surface area contributed by atoms with Gasteiger partial charge in [-0.05, 0) is 69.4 Å². The van der Waals surface area contributed by atoms with E-state index in [-0.39, 0.29) is 10.8 Å². The molecule has 1 amide bonds. The van der Waals surface area contributed by atoms with Crippen molar-refractivity contribution >= 4 is 21.6 Å². The number of aryl methyl sites for hydroxylation is 1. The van der Waals surface area contributed by atoms with E-state index in [9.17, 15) is 13.2 Å². The molecule has 5 nitrogen and oxygen atoms in total. The Labute approximate surface area is 166 Å². The van der Waals surface area contributed by atoms with Crippen LogP contribution in [0.25, 0.3) is 0 Å². The van der Waals surface area contributed by atoms with E-state index in [0.717, 1.165) is 24.8 Å². The summed E-state index contributed by atoms with van der Waals surface area (Å²) in [5, 5.41) is 2.89. The highest BCUT2D eigenvalue weighted by Crippen LogP contribution is 2.20. The average molecular weight is 399 g/mol. The van der Waals surface area contributed by atoms with Gasteiger partial charge in [-0.25, -0.2) is 8.42 Å². The highest BCUT2D eigenvalue weighted by atomic mass is 32.2. The average Bonchev–Trinajstić information content (AvgIpc) is 2.70. The third-order valence-electron chi connectivity index (χ3n) is 4.83. The molecule has 1 aliphatic carbocycles. The van der Waals surface area contributed by atoms with Gasteiger partial charge in [0.15, 0.2) is 0 Å². The van der Waals surface area contributed by atoms with E-state index in [0.29, 0.717) is 17.8 Å². The maximum absolute atomic E-state index is 12.6. The van der Waals surface area contributed by atoms with Crippen LogP contribution in [0.4, 0.5) is 5.69 Å². The van der Waals surface area contributed by atoms with Crippen molar-refractivity contribution in [1.29, 1.82) is 0 Å². The molecule has 2 N–H and O–H groups in total. The van der Waals surface area contributed by atoms with Crippen LogP contribution < -0.4 is 10.0 Å². The van der Waals surface area contributed by atoms with Gasteiger partial charge >= 0.3 is 0 Å². The van der Waals surface area contributed by atoms with Crippen LogP contribution in [0.2, 0.25) is 0 Å². The molecule has 6 heteroatoms. The van der Waals surface area contributed by atoms with E-state index < -0.39 is 10.0 Å². The lowest BCUT2D eigenvalue weighted by Crippen LogP contribution is -2.25. The van der Waals surface area contributed by atoms with Gasteiger partial charge in [-0.2, -0.15) is 0 Å². The van der Waals surface area contributed by atoms with Crippen molar-refractivity contribution < 1.29 is 13.2 Å². The zero-order chi connectivity index (χ0) is 20.0. The largest absolute Gasteiger partial charge is 0.352 e. The Kier molecular flexibility index (Phi) is 6.52. The minimum atomic E-state index is -3.76. The number of hydrogen-bond acceptors (Lipinski definition) is 3. The van der Waals surface area contributed by atoms with Crippen LogP contribution in [0.3, 0.4) is 0 Å². The van der Waals surface area contributed by atoms with Gasteiger partial charge in [0.1, 0.15) is 0 Å². The number of amides is 1. The molecular weight excluding hydrogens is 372 g/mol. The van der Waals surface area contributed by atoms with Crippen LogP contribution >= 0.6 is 0 Å². The molecule has 3 rings (SSSR count). The van der Waals surface area contributed by atoms with E-state index >= 15 is 0 Å². The summed E-state index contributed by atoms with van der Waals surface area (Å²) < 4.78 is 27.8. The van der Waals surface area contributed by atoms with Crippen LogP contribution in [-0.2, 0) is 10.0 Å². The zero-order valence-corrected chi connectivity index (χ0v) is 16.9. The van der Waals surface area contributed by atoms with Crippen LogP contribution in [0.15, 0.2) is 65.1 Å². The summed E-state index contributed by atoms with van der Waals surface area (Å²) in [5.41, 5.74) is 3.27. The molecule has 0 atom stereocenters. The van der Waals surface area contributed by atoms with E-state index in [2.05, 4.69) is 16.1 Å². The fourth-order valence-electron chi connectivity index (χ4n) is 3.21. The van der Waals surface area contributed by atoms with Crippen LogP contribution in [0.1, 0.15) is 48.0 Å². The Balaban J connectivity index is 1.64. The summed E-state index contributed by atoms with van der Waals surface area (Å²) in [6, 6.07) is 13.2. The maximum Gasteiger partial charge on any atom is 0.261 e. The molecule has 0 unspecified atom stereocenters. The number of sulfonamides is 1. The van der Waals surface area contributed by atoms with Crippen LogP contribution in [0, 0.1) is 6.92 Å². The summed E-state index contributed by atoms with van der Waals surface area (Å²) in [4.78, 5) is 12.5. The fraction of sp³-hybridized carbons (Fsp3) is 0.318. The molecule has 2 aromatic rings. The molecule has 0 bridgehead atoms. The number of allylic oxidation sites excluding steroid dienone is 1. The molecule has 0 saturated heterocycles. The maximum atomic E-state index is 12.6. The van der Waals surface area contributed by atoms with Crippen molar-refractivity contribution in [3.8, 4) is 0 Å². The fourth-order valence-corrected chi connectivity index (χ4v) is 4.31. The molecule has 0 radical (unpaired) electrons. The number of nitrogens with one attached hydrogen (secondary N) is 2. The van der Waals surface area contributed by atoms with Crippen molar-refractivity contribution in [1.82, 2.24) is 5.32 Å². The summed E-state index contributed by atoms with van der Waals surface area (Å²) in [5.74, 6) is -0.260. The normalized spacial score (nSPS) is 14.2. The standard InChI is InChI=1S/C22H26N2O3S/c1-17-10-12-20(13-11-17)24-28(26,27)21-9-5-8-19(16-21)22(25)23-15-14-18-6-3-2-4-7-18/h5-6,8-13,16,24H,2-4,7,14-15H2,1H3,(H,23,25). The number of rotatable bonds is 7. The molecule has 0 fully saturated rings. The van der Waals surface area contributed by atoms with Gasteiger partial charge in [0.25, 0.3) is 15.9 Å². The van der Waals surface area contributed by atoms with Gasteiger partial charge in [0, 0.05) is 17.8 Å². The van der Waals surface area contributed by atoms with Crippen molar-refractivity contribution in [2.24, 2.45) is 0 Å². The Bertz CT molecular complexity index is 964. The topological polar surface area (TPSA) is 75.3 Å². The third-order valence-corrected chi connectivity index (χ3v) is 6.21. The number of carbonyl (C=O) groups excluding carboxylic acids is 1.